The lowest BCUT2D eigenvalue weighted by atomic mass is 9.73. The Hall–Kier alpha value is -0.0500. The van der Waals surface area contributed by atoms with E-state index in [0.717, 1.165) is 24.6 Å². The molecule has 94 valence electrons. The normalized spacial score (nSPS) is 24.1. The predicted octanol–water partition coefficient (Wildman–Crippen LogP) is 3.64. The van der Waals surface area contributed by atoms with Gasteiger partial charge in [0, 0.05) is 17.8 Å². The summed E-state index contributed by atoms with van der Waals surface area (Å²) < 4.78 is 0. The summed E-state index contributed by atoms with van der Waals surface area (Å²) in [5, 5.41) is 4.21. The highest BCUT2D eigenvalue weighted by Crippen LogP contribution is 2.35. The molecule has 0 radical (unpaired) electrons. The lowest BCUT2D eigenvalue weighted by Crippen LogP contribution is -2.46. The highest BCUT2D eigenvalue weighted by atomic mass is 79.9. The number of unbranched alkanes of at least 4 members (excludes halogenated alkanes) is 1. The molecule has 0 aliphatic heterocycles. The molecule has 3 heteroatoms. The lowest BCUT2D eigenvalue weighted by molar-refractivity contribution is -0.123. The fourth-order valence-corrected chi connectivity index (χ4v) is 2.80. The van der Waals surface area contributed by atoms with E-state index in [0.29, 0.717) is 12.5 Å². The second kappa shape index (κ2) is 6.63. The Labute approximate surface area is 108 Å². The maximum Gasteiger partial charge on any atom is 0.220 e. The van der Waals surface area contributed by atoms with Crippen molar-refractivity contribution in [3.05, 3.63) is 0 Å². The Kier molecular flexibility index (Phi) is 5.81. The zero-order chi connectivity index (χ0) is 12.0. The summed E-state index contributed by atoms with van der Waals surface area (Å²) >= 11 is 3.38. The van der Waals surface area contributed by atoms with E-state index in [1.54, 1.807) is 0 Å². The highest BCUT2D eigenvalue weighted by molar-refractivity contribution is 9.09. The third-order valence-electron chi connectivity index (χ3n) is 3.63. The molecule has 0 spiro atoms. The largest absolute Gasteiger partial charge is 0.353 e. The number of nitrogens with one attached hydrogen (secondary N) is 1. The van der Waals surface area contributed by atoms with Crippen molar-refractivity contribution >= 4 is 21.8 Å². The molecule has 1 aliphatic carbocycles. The van der Waals surface area contributed by atoms with Crippen LogP contribution in [0.2, 0.25) is 0 Å². The number of hydrogen-bond donors (Lipinski definition) is 1. The van der Waals surface area contributed by atoms with Crippen LogP contribution < -0.4 is 5.32 Å². The smallest absolute Gasteiger partial charge is 0.220 e. The molecule has 1 unspecified atom stereocenters. The molecule has 1 rings (SSSR count). The molecule has 0 bridgehead atoms. The van der Waals surface area contributed by atoms with Gasteiger partial charge in [-0.05, 0) is 31.1 Å². The van der Waals surface area contributed by atoms with Gasteiger partial charge in [0.1, 0.15) is 0 Å². The topological polar surface area (TPSA) is 29.1 Å². The zero-order valence-corrected chi connectivity index (χ0v) is 12.1. The Morgan fingerprint density at radius 2 is 2.12 bits per heavy atom. The average molecular weight is 290 g/mol. The molecule has 1 fully saturated rings. The second-order valence-corrected chi connectivity index (χ2v) is 6.29. The number of carbonyl (C=O) groups excluding carboxylic acids is 1. The molecule has 1 saturated carbocycles. The first-order valence-corrected chi connectivity index (χ1v) is 7.54. The van der Waals surface area contributed by atoms with Crippen LogP contribution in [0.1, 0.15) is 58.8 Å². The van der Waals surface area contributed by atoms with Gasteiger partial charge < -0.3 is 5.32 Å². The minimum absolute atomic E-state index is 0.237. The molecule has 0 saturated heterocycles. The molecular formula is C13H24BrNO. The monoisotopic (exact) mass is 289 g/mol. The fourth-order valence-electron chi connectivity index (χ4n) is 2.41. The van der Waals surface area contributed by atoms with Gasteiger partial charge >= 0.3 is 0 Å². The molecule has 0 aromatic carbocycles. The summed E-state index contributed by atoms with van der Waals surface area (Å²) in [5.41, 5.74) is 0.281. The minimum atomic E-state index is 0.237. The van der Waals surface area contributed by atoms with E-state index < -0.39 is 0 Å². The van der Waals surface area contributed by atoms with E-state index in [1.165, 1.54) is 19.3 Å². The summed E-state index contributed by atoms with van der Waals surface area (Å²) in [6.07, 6.45) is 7.71. The lowest BCUT2D eigenvalue weighted by Gasteiger charge is -2.39. The van der Waals surface area contributed by atoms with Gasteiger partial charge in [0.2, 0.25) is 5.91 Å². The highest BCUT2D eigenvalue weighted by Gasteiger charge is 2.32. The van der Waals surface area contributed by atoms with Gasteiger partial charge in [-0.1, -0.05) is 42.6 Å². The Bertz CT molecular complexity index is 228. The molecule has 0 aromatic rings. The van der Waals surface area contributed by atoms with Gasteiger partial charge in [0.15, 0.2) is 0 Å². The van der Waals surface area contributed by atoms with Gasteiger partial charge in [-0.25, -0.2) is 0 Å². The quantitative estimate of drug-likeness (QED) is 0.608. The number of alkyl halides is 1. The molecule has 0 heterocycles. The van der Waals surface area contributed by atoms with E-state index in [2.05, 4.69) is 35.1 Å². The predicted molar refractivity (Wildman–Crippen MR) is 71.8 cm³/mol. The van der Waals surface area contributed by atoms with Crippen molar-refractivity contribution in [2.24, 2.45) is 5.41 Å². The summed E-state index contributed by atoms with van der Waals surface area (Å²) in [5.74, 6) is 0.237. The van der Waals surface area contributed by atoms with Gasteiger partial charge in [-0.15, -0.1) is 0 Å². The summed E-state index contributed by atoms with van der Waals surface area (Å²) in [6, 6.07) is 0.387. The van der Waals surface area contributed by atoms with Crippen LogP contribution >= 0.6 is 15.9 Å². The maximum atomic E-state index is 11.7. The summed E-state index contributed by atoms with van der Waals surface area (Å²) in [7, 11) is 0. The summed E-state index contributed by atoms with van der Waals surface area (Å²) in [6.45, 7) is 4.55. The van der Waals surface area contributed by atoms with Gasteiger partial charge in [-0.2, -0.15) is 0 Å². The van der Waals surface area contributed by atoms with Crippen molar-refractivity contribution in [3.63, 3.8) is 0 Å². The van der Waals surface area contributed by atoms with Crippen LogP contribution in [0, 0.1) is 5.41 Å². The standard InChI is InChI=1S/C13H24BrNO/c1-13(2)9-5-3-7-11(13)15-12(16)8-4-6-10-14/h11H,3-10H2,1-2H3,(H,15,16). The Balaban J connectivity index is 2.31. The summed E-state index contributed by atoms with van der Waals surface area (Å²) in [4.78, 5) is 11.7. The third-order valence-corrected chi connectivity index (χ3v) is 4.19. The average Bonchev–Trinajstić information content (AvgIpc) is 2.21. The van der Waals surface area contributed by atoms with Crippen LogP contribution in [0.3, 0.4) is 0 Å². The van der Waals surface area contributed by atoms with Crippen LogP contribution in [-0.4, -0.2) is 17.3 Å². The first-order chi connectivity index (χ1) is 7.56. The van der Waals surface area contributed by atoms with Crippen molar-refractivity contribution in [1.82, 2.24) is 5.32 Å². The van der Waals surface area contributed by atoms with E-state index in [1.807, 2.05) is 0 Å². The van der Waals surface area contributed by atoms with Crippen LogP contribution in [0.15, 0.2) is 0 Å². The van der Waals surface area contributed by atoms with Crippen LogP contribution in [0.4, 0.5) is 0 Å². The van der Waals surface area contributed by atoms with Crippen molar-refractivity contribution in [1.29, 1.82) is 0 Å². The van der Waals surface area contributed by atoms with E-state index in [9.17, 15) is 4.79 Å². The van der Waals surface area contributed by atoms with Crippen molar-refractivity contribution in [3.8, 4) is 0 Å². The van der Waals surface area contributed by atoms with E-state index >= 15 is 0 Å². The van der Waals surface area contributed by atoms with Crippen LogP contribution in [0.5, 0.6) is 0 Å². The first-order valence-electron chi connectivity index (χ1n) is 6.41. The van der Waals surface area contributed by atoms with E-state index in [-0.39, 0.29) is 11.3 Å². The first kappa shape index (κ1) is 14.0. The number of carbonyl (C=O) groups is 1. The molecule has 1 aliphatic rings. The van der Waals surface area contributed by atoms with Crippen LogP contribution in [0.25, 0.3) is 0 Å². The molecule has 1 amide bonds. The number of amides is 1. The SMILES string of the molecule is CC1(C)CCCCC1NC(=O)CCCCBr. The maximum absolute atomic E-state index is 11.7. The molecule has 2 nitrogen and oxygen atoms in total. The Morgan fingerprint density at radius 1 is 1.38 bits per heavy atom. The molecule has 1 N–H and O–H groups in total. The molecule has 16 heavy (non-hydrogen) atoms. The van der Waals surface area contributed by atoms with Crippen LogP contribution in [-0.2, 0) is 4.79 Å². The fraction of sp³-hybridized carbons (Fsp3) is 0.923. The number of rotatable bonds is 5. The van der Waals surface area contributed by atoms with Crippen molar-refractivity contribution in [2.45, 2.75) is 64.8 Å². The van der Waals surface area contributed by atoms with Crippen molar-refractivity contribution < 1.29 is 4.79 Å². The van der Waals surface area contributed by atoms with Gasteiger partial charge in [0.05, 0.1) is 0 Å². The number of halogens is 1. The minimum Gasteiger partial charge on any atom is -0.353 e. The third kappa shape index (κ3) is 4.44. The van der Waals surface area contributed by atoms with Gasteiger partial charge in [0.25, 0.3) is 0 Å². The molecule has 0 aromatic heterocycles. The van der Waals surface area contributed by atoms with Gasteiger partial charge in [-0.3, -0.25) is 4.79 Å². The molecular weight excluding hydrogens is 266 g/mol. The van der Waals surface area contributed by atoms with E-state index in [4.69, 9.17) is 0 Å². The number of hydrogen-bond acceptors (Lipinski definition) is 1. The Morgan fingerprint density at radius 3 is 2.75 bits per heavy atom. The zero-order valence-electron chi connectivity index (χ0n) is 10.5. The van der Waals surface area contributed by atoms with Crippen molar-refractivity contribution in [2.75, 3.05) is 5.33 Å². The molecule has 1 atom stereocenters. The second-order valence-electron chi connectivity index (χ2n) is 5.50.